The zero-order chi connectivity index (χ0) is 12.8. The van der Waals surface area contributed by atoms with E-state index in [1.54, 1.807) is 0 Å². The highest BCUT2D eigenvalue weighted by molar-refractivity contribution is 5.79. The van der Waals surface area contributed by atoms with Gasteiger partial charge in [-0.3, -0.25) is 15.2 Å². The number of carbonyl (C=O) groups excluding carboxylic acids is 1. The Morgan fingerprint density at radius 3 is 3.00 bits per heavy atom. The molecule has 1 aromatic carbocycles. The first-order chi connectivity index (χ1) is 8.79. The Hall–Kier alpha value is -1.51. The van der Waals surface area contributed by atoms with Gasteiger partial charge in [-0.05, 0) is 37.0 Å². The monoisotopic (exact) mass is 246 g/mol. The van der Waals surface area contributed by atoms with E-state index < -0.39 is 0 Å². The number of hydrogen-bond donors (Lipinski definition) is 1. The van der Waals surface area contributed by atoms with E-state index in [2.05, 4.69) is 36.6 Å². The van der Waals surface area contributed by atoms with Crippen molar-refractivity contribution in [1.29, 1.82) is 0 Å². The molecule has 3 nitrogen and oxygen atoms in total. The number of anilines is 1. The van der Waals surface area contributed by atoms with Gasteiger partial charge < -0.3 is 0 Å². The lowest BCUT2D eigenvalue weighted by Crippen LogP contribution is -2.46. The van der Waals surface area contributed by atoms with E-state index in [-0.39, 0.29) is 5.91 Å². The number of hydrogen-bond acceptors (Lipinski definition) is 2. The van der Waals surface area contributed by atoms with Gasteiger partial charge in [0.05, 0.1) is 5.69 Å². The first kappa shape index (κ1) is 12.9. The number of amides is 1. The van der Waals surface area contributed by atoms with Gasteiger partial charge in [-0.1, -0.05) is 31.9 Å². The summed E-state index contributed by atoms with van der Waals surface area (Å²) in [6, 6.07) is 8.51. The zero-order valence-corrected chi connectivity index (χ0v) is 11.1. The molecule has 1 aliphatic rings. The number of benzene rings is 1. The average Bonchev–Trinajstić information content (AvgIpc) is 2.39. The van der Waals surface area contributed by atoms with Crippen LogP contribution < -0.4 is 10.4 Å². The van der Waals surface area contributed by atoms with E-state index in [0.717, 1.165) is 25.1 Å². The molecule has 1 aliphatic heterocycles. The van der Waals surface area contributed by atoms with Gasteiger partial charge in [0.25, 0.3) is 0 Å². The minimum atomic E-state index is 0.123. The molecule has 1 aromatic rings. The zero-order valence-electron chi connectivity index (χ0n) is 11.1. The number of hydrazine groups is 1. The molecule has 0 unspecified atom stereocenters. The van der Waals surface area contributed by atoms with E-state index in [1.165, 1.54) is 24.8 Å². The second-order valence-corrected chi connectivity index (χ2v) is 4.92. The van der Waals surface area contributed by atoms with Crippen molar-refractivity contribution < 1.29 is 4.79 Å². The van der Waals surface area contributed by atoms with Crippen molar-refractivity contribution in [3.63, 3.8) is 0 Å². The predicted octanol–water partition coefficient (Wildman–Crippen LogP) is 3.05. The van der Waals surface area contributed by atoms with Crippen molar-refractivity contribution >= 4 is 11.6 Å². The number of nitrogens with one attached hydrogen (secondary N) is 1. The molecule has 0 bridgehead atoms. The molecule has 2 rings (SSSR count). The van der Waals surface area contributed by atoms with Crippen LogP contribution in [0.2, 0.25) is 0 Å². The summed E-state index contributed by atoms with van der Waals surface area (Å²) in [7, 11) is 0. The van der Waals surface area contributed by atoms with Gasteiger partial charge in [0.2, 0.25) is 5.91 Å². The topological polar surface area (TPSA) is 32.3 Å². The van der Waals surface area contributed by atoms with Crippen molar-refractivity contribution in [2.75, 3.05) is 11.6 Å². The van der Waals surface area contributed by atoms with Gasteiger partial charge in [-0.15, -0.1) is 0 Å². The molecule has 0 spiro atoms. The Morgan fingerprint density at radius 2 is 2.22 bits per heavy atom. The van der Waals surface area contributed by atoms with Crippen LogP contribution in [-0.2, 0) is 11.2 Å². The van der Waals surface area contributed by atoms with E-state index in [1.807, 2.05) is 5.01 Å². The minimum Gasteiger partial charge on any atom is -0.286 e. The molecular weight excluding hydrogens is 224 g/mol. The summed E-state index contributed by atoms with van der Waals surface area (Å²) < 4.78 is 0. The van der Waals surface area contributed by atoms with Gasteiger partial charge in [-0.2, -0.15) is 0 Å². The third-order valence-corrected chi connectivity index (χ3v) is 3.34. The van der Waals surface area contributed by atoms with Crippen LogP contribution in [0, 0.1) is 0 Å². The summed E-state index contributed by atoms with van der Waals surface area (Å²) >= 11 is 0. The molecule has 1 heterocycles. The number of carbonyl (C=O) groups is 1. The average molecular weight is 246 g/mol. The lowest BCUT2D eigenvalue weighted by atomic mass is 10.1. The highest BCUT2D eigenvalue weighted by atomic mass is 16.2. The summed E-state index contributed by atoms with van der Waals surface area (Å²) in [4.78, 5) is 11.4. The van der Waals surface area contributed by atoms with Gasteiger partial charge in [0.1, 0.15) is 0 Å². The van der Waals surface area contributed by atoms with Crippen molar-refractivity contribution in [3.05, 3.63) is 29.8 Å². The first-order valence-electron chi connectivity index (χ1n) is 6.95. The molecule has 98 valence electrons. The Morgan fingerprint density at radius 1 is 1.33 bits per heavy atom. The fourth-order valence-corrected chi connectivity index (χ4v) is 2.31. The van der Waals surface area contributed by atoms with E-state index in [4.69, 9.17) is 0 Å². The fourth-order valence-electron chi connectivity index (χ4n) is 2.31. The first-order valence-corrected chi connectivity index (χ1v) is 6.95. The third-order valence-electron chi connectivity index (χ3n) is 3.34. The van der Waals surface area contributed by atoms with E-state index >= 15 is 0 Å². The second-order valence-electron chi connectivity index (χ2n) is 4.92. The van der Waals surface area contributed by atoms with Crippen LogP contribution >= 0.6 is 0 Å². The van der Waals surface area contributed by atoms with Crippen LogP contribution in [0.15, 0.2) is 24.3 Å². The summed E-state index contributed by atoms with van der Waals surface area (Å²) in [6.07, 6.45) is 6.49. The molecule has 0 radical (unpaired) electrons. The second kappa shape index (κ2) is 6.43. The molecule has 0 aliphatic carbocycles. The Bertz CT molecular complexity index is 403. The van der Waals surface area contributed by atoms with Crippen LogP contribution in [0.25, 0.3) is 0 Å². The van der Waals surface area contributed by atoms with E-state index in [0.29, 0.717) is 6.42 Å². The summed E-state index contributed by atoms with van der Waals surface area (Å²) in [5, 5.41) is 1.97. The van der Waals surface area contributed by atoms with Crippen LogP contribution in [0.5, 0.6) is 0 Å². The number of aryl methyl sites for hydroxylation is 1. The smallest absolute Gasteiger partial charge is 0.238 e. The highest BCUT2D eigenvalue weighted by Gasteiger charge is 2.15. The van der Waals surface area contributed by atoms with E-state index in [9.17, 15) is 4.79 Å². The summed E-state index contributed by atoms with van der Waals surface area (Å²) in [5.74, 6) is 0.123. The lowest BCUT2D eigenvalue weighted by Gasteiger charge is -2.29. The van der Waals surface area contributed by atoms with Crippen molar-refractivity contribution in [2.24, 2.45) is 0 Å². The van der Waals surface area contributed by atoms with Gasteiger partial charge in [0, 0.05) is 13.0 Å². The maximum atomic E-state index is 11.4. The number of nitrogens with zero attached hydrogens (tertiary/aromatic N) is 1. The predicted molar refractivity (Wildman–Crippen MR) is 74.4 cm³/mol. The van der Waals surface area contributed by atoms with Gasteiger partial charge in [0.15, 0.2) is 0 Å². The summed E-state index contributed by atoms with van der Waals surface area (Å²) in [5.41, 5.74) is 5.39. The molecule has 1 saturated heterocycles. The third kappa shape index (κ3) is 3.49. The normalized spacial score (nSPS) is 15.6. The molecule has 0 aromatic heterocycles. The standard InChI is InChI=1S/C15H22N2O/c1-2-3-4-7-13-8-5-9-14(12-13)17-11-6-10-15(18)16-17/h5,8-9,12H,2-4,6-7,10-11H2,1H3,(H,16,18). The Balaban J connectivity index is 1.99. The van der Waals surface area contributed by atoms with Crippen LogP contribution in [0.4, 0.5) is 5.69 Å². The van der Waals surface area contributed by atoms with Gasteiger partial charge >= 0.3 is 0 Å². The Labute approximate surface area is 109 Å². The largest absolute Gasteiger partial charge is 0.286 e. The maximum absolute atomic E-state index is 11.4. The SMILES string of the molecule is CCCCCc1cccc(N2CCCC(=O)N2)c1. The Kier molecular flexibility index (Phi) is 4.62. The van der Waals surface area contributed by atoms with Crippen LogP contribution in [0.1, 0.15) is 44.6 Å². The minimum absolute atomic E-state index is 0.123. The maximum Gasteiger partial charge on any atom is 0.238 e. The lowest BCUT2D eigenvalue weighted by molar-refractivity contribution is -0.122. The molecular formula is C15H22N2O. The molecule has 0 atom stereocenters. The van der Waals surface area contributed by atoms with Crippen molar-refractivity contribution in [2.45, 2.75) is 45.4 Å². The number of unbranched alkanes of at least 4 members (excludes halogenated alkanes) is 2. The van der Waals surface area contributed by atoms with Crippen molar-refractivity contribution in [1.82, 2.24) is 5.43 Å². The molecule has 3 heteroatoms. The van der Waals surface area contributed by atoms with Crippen LogP contribution in [-0.4, -0.2) is 12.5 Å². The molecule has 0 saturated carbocycles. The highest BCUT2D eigenvalue weighted by Crippen LogP contribution is 2.18. The molecule has 1 amide bonds. The quantitative estimate of drug-likeness (QED) is 0.810. The molecule has 1 N–H and O–H groups in total. The fraction of sp³-hybridized carbons (Fsp3) is 0.533. The summed E-state index contributed by atoms with van der Waals surface area (Å²) in [6.45, 7) is 3.13. The van der Waals surface area contributed by atoms with Crippen LogP contribution in [0.3, 0.4) is 0 Å². The van der Waals surface area contributed by atoms with Gasteiger partial charge in [-0.25, -0.2) is 0 Å². The van der Waals surface area contributed by atoms with Crippen molar-refractivity contribution in [3.8, 4) is 0 Å². The number of rotatable bonds is 5. The molecule has 1 fully saturated rings. The molecule has 18 heavy (non-hydrogen) atoms.